The maximum atomic E-state index is 12.1. The third-order valence-corrected chi connectivity index (χ3v) is 5.70. The molecule has 1 unspecified atom stereocenters. The average Bonchev–Trinajstić information content (AvgIpc) is 2.53. The molecule has 0 aliphatic heterocycles. The lowest BCUT2D eigenvalue weighted by atomic mass is 9.98. The normalized spacial score (nSPS) is 21.9. The van der Waals surface area contributed by atoms with Gasteiger partial charge in [-0.3, -0.25) is 9.59 Å². The summed E-state index contributed by atoms with van der Waals surface area (Å²) < 4.78 is 44.5. The molecule has 0 saturated heterocycles. The average molecular weight is 361 g/mol. The summed E-state index contributed by atoms with van der Waals surface area (Å²) in [5, 5.41) is -2.02. The smallest absolute Gasteiger partial charge is 0.324 e. The van der Waals surface area contributed by atoms with Gasteiger partial charge in [0.15, 0.2) is 5.25 Å². The fraction of sp³-hybridized carbons (Fsp3) is 0.875. The van der Waals surface area contributed by atoms with Crippen LogP contribution in [0.15, 0.2) is 0 Å². The molecule has 0 amide bonds. The first-order valence-corrected chi connectivity index (χ1v) is 10.2. The molecule has 138 valence electrons. The standard InChI is InChI=1S/C16H26O7S/c17-15(22-12-7-3-1-4-8-12)11-14(24(19,20)21)16(18)23-13-9-5-2-6-10-13/h12-14H,1-11H2,(H,19,20,21)/p-1. The molecule has 0 N–H and O–H groups in total. The Bertz CT molecular complexity index is 531. The van der Waals surface area contributed by atoms with Gasteiger partial charge in [0.1, 0.15) is 22.3 Å². The van der Waals surface area contributed by atoms with Crippen LogP contribution in [0.4, 0.5) is 0 Å². The minimum absolute atomic E-state index is 0.254. The summed E-state index contributed by atoms with van der Waals surface area (Å²) in [5.74, 6) is -1.95. The van der Waals surface area contributed by atoms with Crippen molar-refractivity contribution in [3.05, 3.63) is 0 Å². The number of hydrogen-bond donors (Lipinski definition) is 0. The van der Waals surface area contributed by atoms with Gasteiger partial charge >= 0.3 is 11.9 Å². The molecule has 0 aromatic heterocycles. The first-order chi connectivity index (χ1) is 11.4. The molecule has 0 heterocycles. The van der Waals surface area contributed by atoms with Crippen LogP contribution in [0.25, 0.3) is 0 Å². The summed E-state index contributed by atoms with van der Waals surface area (Å²) in [7, 11) is -4.98. The van der Waals surface area contributed by atoms with Gasteiger partial charge in [-0.1, -0.05) is 12.8 Å². The lowest BCUT2D eigenvalue weighted by Gasteiger charge is -2.26. The molecule has 0 spiro atoms. The Balaban J connectivity index is 1.91. The van der Waals surface area contributed by atoms with Crippen molar-refractivity contribution in [2.45, 2.75) is 88.1 Å². The molecular weight excluding hydrogens is 336 g/mol. The highest BCUT2D eigenvalue weighted by Crippen LogP contribution is 2.23. The maximum absolute atomic E-state index is 12.1. The van der Waals surface area contributed by atoms with E-state index < -0.39 is 33.7 Å². The molecule has 2 aliphatic rings. The third kappa shape index (κ3) is 6.05. The van der Waals surface area contributed by atoms with Crippen LogP contribution in [0.1, 0.15) is 70.6 Å². The van der Waals surface area contributed by atoms with Crippen LogP contribution < -0.4 is 0 Å². The Kier molecular flexibility index (Phi) is 7.03. The van der Waals surface area contributed by atoms with E-state index in [1.54, 1.807) is 0 Å². The van der Waals surface area contributed by atoms with Crippen LogP contribution >= 0.6 is 0 Å². The topological polar surface area (TPSA) is 110 Å². The zero-order chi connectivity index (χ0) is 17.6. The summed E-state index contributed by atoms with van der Waals surface area (Å²) in [6, 6.07) is 0. The number of rotatable bonds is 6. The van der Waals surface area contributed by atoms with Crippen LogP contribution in [0.2, 0.25) is 0 Å². The molecule has 2 saturated carbocycles. The monoisotopic (exact) mass is 361 g/mol. The molecule has 1 atom stereocenters. The fourth-order valence-electron chi connectivity index (χ4n) is 3.29. The zero-order valence-corrected chi connectivity index (χ0v) is 14.6. The molecule has 2 rings (SSSR count). The van der Waals surface area contributed by atoms with E-state index in [1.807, 2.05) is 0 Å². The molecule has 8 heteroatoms. The lowest BCUT2D eigenvalue weighted by Crippen LogP contribution is -2.37. The van der Waals surface area contributed by atoms with E-state index in [2.05, 4.69) is 0 Å². The Morgan fingerprint density at radius 2 is 1.33 bits per heavy atom. The fourth-order valence-corrected chi connectivity index (χ4v) is 3.93. The summed E-state index contributed by atoms with van der Waals surface area (Å²) in [6.45, 7) is 0. The Hall–Kier alpha value is -1.15. The van der Waals surface area contributed by atoms with Gasteiger partial charge in [-0.2, -0.15) is 0 Å². The van der Waals surface area contributed by atoms with Crippen molar-refractivity contribution in [2.24, 2.45) is 0 Å². The van der Waals surface area contributed by atoms with Crippen molar-refractivity contribution in [2.75, 3.05) is 0 Å². The Morgan fingerprint density at radius 3 is 1.79 bits per heavy atom. The SMILES string of the molecule is O=C(CC(C(=O)OC1CCCCC1)S(=O)(=O)[O-])OC1CCCCC1. The first-order valence-electron chi connectivity index (χ1n) is 8.71. The molecule has 2 aliphatic carbocycles. The molecule has 2 fully saturated rings. The van der Waals surface area contributed by atoms with Crippen molar-refractivity contribution in [1.29, 1.82) is 0 Å². The van der Waals surface area contributed by atoms with Gasteiger partial charge in [-0.05, 0) is 51.4 Å². The summed E-state index contributed by atoms with van der Waals surface area (Å²) in [6.07, 6.45) is 7.20. The van der Waals surface area contributed by atoms with Gasteiger partial charge in [0.05, 0.1) is 6.42 Å². The van der Waals surface area contributed by atoms with E-state index >= 15 is 0 Å². The van der Waals surface area contributed by atoms with Crippen molar-refractivity contribution < 1.29 is 32.0 Å². The third-order valence-electron chi connectivity index (χ3n) is 4.65. The second-order valence-corrected chi connectivity index (χ2v) is 8.19. The molecule has 0 aromatic carbocycles. The van der Waals surface area contributed by atoms with E-state index in [-0.39, 0.29) is 12.2 Å². The van der Waals surface area contributed by atoms with Gasteiger partial charge in [-0.15, -0.1) is 0 Å². The summed E-state index contributed by atoms with van der Waals surface area (Å²) >= 11 is 0. The van der Waals surface area contributed by atoms with E-state index in [4.69, 9.17) is 9.47 Å². The van der Waals surface area contributed by atoms with Gasteiger partial charge in [0, 0.05) is 0 Å². The van der Waals surface area contributed by atoms with Gasteiger partial charge in [0.25, 0.3) is 0 Å². The van der Waals surface area contributed by atoms with E-state index in [9.17, 15) is 22.6 Å². The minimum Gasteiger partial charge on any atom is -0.747 e. The predicted octanol–water partition coefficient (Wildman–Crippen LogP) is 2.04. The summed E-state index contributed by atoms with van der Waals surface area (Å²) in [4.78, 5) is 24.0. The van der Waals surface area contributed by atoms with Crippen LogP contribution in [0.5, 0.6) is 0 Å². The van der Waals surface area contributed by atoms with Gasteiger partial charge < -0.3 is 14.0 Å². The molecule has 0 aromatic rings. The van der Waals surface area contributed by atoms with Crippen LogP contribution in [-0.2, 0) is 29.2 Å². The number of ether oxygens (including phenoxy) is 2. The van der Waals surface area contributed by atoms with E-state index in [0.29, 0.717) is 12.8 Å². The quantitative estimate of drug-likeness (QED) is 0.526. The second kappa shape index (κ2) is 8.80. The highest BCUT2D eigenvalue weighted by atomic mass is 32.2. The number of carbonyl (C=O) groups is 2. The van der Waals surface area contributed by atoms with E-state index in [0.717, 1.165) is 51.4 Å². The predicted molar refractivity (Wildman–Crippen MR) is 84.0 cm³/mol. The lowest BCUT2D eigenvalue weighted by molar-refractivity contribution is -0.157. The number of carbonyl (C=O) groups excluding carboxylic acids is 2. The largest absolute Gasteiger partial charge is 0.747 e. The first kappa shape index (κ1) is 19.2. The van der Waals surface area contributed by atoms with Crippen molar-refractivity contribution in [1.82, 2.24) is 0 Å². The summed E-state index contributed by atoms with van der Waals surface area (Å²) in [5.41, 5.74) is 0. The van der Waals surface area contributed by atoms with Gasteiger partial charge in [0.2, 0.25) is 0 Å². The van der Waals surface area contributed by atoms with Crippen LogP contribution in [0, 0.1) is 0 Å². The molecular formula is C16H25O7S-. The Labute approximate surface area is 142 Å². The highest BCUT2D eigenvalue weighted by molar-refractivity contribution is 7.87. The van der Waals surface area contributed by atoms with Crippen molar-refractivity contribution >= 4 is 22.1 Å². The van der Waals surface area contributed by atoms with E-state index in [1.165, 1.54) is 0 Å². The van der Waals surface area contributed by atoms with Crippen LogP contribution in [-0.4, -0.2) is 42.4 Å². The molecule has 0 radical (unpaired) electrons. The van der Waals surface area contributed by atoms with Crippen LogP contribution in [0.3, 0.4) is 0 Å². The molecule has 0 bridgehead atoms. The second-order valence-electron chi connectivity index (χ2n) is 6.63. The molecule has 7 nitrogen and oxygen atoms in total. The zero-order valence-electron chi connectivity index (χ0n) is 13.8. The highest BCUT2D eigenvalue weighted by Gasteiger charge is 2.33. The van der Waals surface area contributed by atoms with Gasteiger partial charge in [-0.25, -0.2) is 8.42 Å². The van der Waals surface area contributed by atoms with Crippen molar-refractivity contribution in [3.63, 3.8) is 0 Å². The minimum atomic E-state index is -4.98. The molecule has 24 heavy (non-hydrogen) atoms. The Morgan fingerprint density at radius 1 is 0.875 bits per heavy atom. The number of hydrogen-bond acceptors (Lipinski definition) is 7. The maximum Gasteiger partial charge on any atom is 0.324 e. The van der Waals surface area contributed by atoms with Crippen molar-refractivity contribution in [3.8, 4) is 0 Å². The number of esters is 2.